The van der Waals surface area contributed by atoms with E-state index in [1.165, 1.54) is 0 Å². The average molecular weight is 293 g/mol. The lowest BCUT2D eigenvalue weighted by Gasteiger charge is -2.29. The van der Waals surface area contributed by atoms with Crippen LogP contribution in [0.25, 0.3) is 0 Å². The van der Waals surface area contributed by atoms with Gasteiger partial charge >= 0.3 is 0 Å². The fraction of sp³-hybridized carbons (Fsp3) is 0.706. The van der Waals surface area contributed by atoms with Crippen molar-refractivity contribution in [3.8, 4) is 0 Å². The van der Waals surface area contributed by atoms with Crippen molar-refractivity contribution in [3.05, 3.63) is 24.0 Å². The number of pyridine rings is 1. The normalized spacial score (nSPS) is 14.0. The molecule has 1 aromatic rings. The molecule has 1 rings (SSSR count). The van der Waals surface area contributed by atoms with Gasteiger partial charge in [-0.25, -0.2) is 0 Å². The number of rotatable bonds is 10. The van der Waals surface area contributed by atoms with E-state index in [0.29, 0.717) is 12.1 Å². The van der Waals surface area contributed by atoms with Crippen LogP contribution < -0.4 is 10.2 Å². The topological polar surface area (TPSA) is 37.4 Å². The standard InChI is InChI=1S/C17H31N3O/c1-6-11-18-16(7-2)17-10-9-15(12-19-17)20(8-3)14(4)13-21-5/h9-10,12,14,16,18H,6-8,11,13H2,1-5H3. The highest BCUT2D eigenvalue weighted by Gasteiger charge is 2.14. The summed E-state index contributed by atoms with van der Waals surface area (Å²) in [7, 11) is 1.75. The summed E-state index contributed by atoms with van der Waals surface area (Å²) in [5.74, 6) is 0. The van der Waals surface area contributed by atoms with Crippen molar-refractivity contribution in [3.63, 3.8) is 0 Å². The number of nitrogens with one attached hydrogen (secondary N) is 1. The van der Waals surface area contributed by atoms with E-state index < -0.39 is 0 Å². The molecule has 4 heteroatoms. The van der Waals surface area contributed by atoms with Crippen LogP contribution in [0.3, 0.4) is 0 Å². The van der Waals surface area contributed by atoms with Crippen LogP contribution in [-0.4, -0.2) is 37.8 Å². The summed E-state index contributed by atoms with van der Waals surface area (Å²) in [5.41, 5.74) is 2.29. The molecule has 0 amide bonds. The molecule has 2 unspecified atom stereocenters. The number of anilines is 1. The Hall–Kier alpha value is -1.13. The van der Waals surface area contributed by atoms with Gasteiger partial charge in [0.2, 0.25) is 0 Å². The lowest BCUT2D eigenvalue weighted by Crippen LogP contribution is -2.36. The van der Waals surface area contributed by atoms with Gasteiger partial charge in [0.15, 0.2) is 0 Å². The van der Waals surface area contributed by atoms with Crippen molar-refractivity contribution in [1.82, 2.24) is 10.3 Å². The SMILES string of the molecule is CCCNC(CC)c1ccc(N(CC)C(C)COC)cn1. The third kappa shape index (κ3) is 5.29. The van der Waals surface area contributed by atoms with Gasteiger partial charge in [0.25, 0.3) is 0 Å². The summed E-state index contributed by atoms with van der Waals surface area (Å²) in [4.78, 5) is 6.99. The van der Waals surface area contributed by atoms with Gasteiger partial charge in [0.1, 0.15) is 0 Å². The van der Waals surface area contributed by atoms with Crippen molar-refractivity contribution >= 4 is 5.69 Å². The van der Waals surface area contributed by atoms with Crippen molar-refractivity contribution in [1.29, 1.82) is 0 Å². The highest BCUT2D eigenvalue weighted by molar-refractivity contribution is 5.45. The average Bonchev–Trinajstić information content (AvgIpc) is 2.50. The molecule has 120 valence electrons. The molecule has 0 aliphatic carbocycles. The van der Waals surface area contributed by atoms with Crippen LogP contribution in [0.5, 0.6) is 0 Å². The molecular weight excluding hydrogens is 262 g/mol. The monoisotopic (exact) mass is 293 g/mol. The van der Waals surface area contributed by atoms with Crippen molar-refractivity contribution in [2.24, 2.45) is 0 Å². The molecular formula is C17H31N3O. The van der Waals surface area contributed by atoms with Crippen LogP contribution in [0.15, 0.2) is 18.3 Å². The Morgan fingerprint density at radius 2 is 2.05 bits per heavy atom. The molecule has 4 nitrogen and oxygen atoms in total. The third-order valence-corrected chi connectivity index (χ3v) is 3.79. The van der Waals surface area contributed by atoms with Gasteiger partial charge in [-0.05, 0) is 45.4 Å². The zero-order valence-electron chi connectivity index (χ0n) is 14.2. The first kappa shape index (κ1) is 17.9. The van der Waals surface area contributed by atoms with Crippen LogP contribution in [0.1, 0.15) is 52.3 Å². The second-order valence-corrected chi connectivity index (χ2v) is 5.45. The first-order valence-electron chi connectivity index (χ1n) is 8.12. The highest BCUT2D eigenvalue weighted by Crippen LogP contribution is 2.20. The predicted octanol–water partition coefficient (Wildman–Crippen LogP) is 3.39. The Morgan fingerprint density at radius 1 is 1.29 bits per heavy atom. The summed E-state index contributed by atoms with van der Waals surface area (Å²) in [6, 6.07) is 5.03. The number of aromatic nitrogens is 1. The Morgan fingerprint density at radius 3 is 2.52 bits per heavy atom. The highest BCUT2D eigenvalue weighted by atomic mass is 16.5. The Bertz CT molecular complexity index is 380. The summed E-state index contributed by atoms with van der Waals surface area (Å²) in [6.07, 6.45) is 4.19. The van der Waals surface area contributed by atoms with E-state index in [2.05, 4.69) is 55.0 Å². The fourth-order valence-electron chi connectivity index (χ4n) is 2.63. The number of ether oxygens (including phenoxy) is 1. The van der Waals surface area contributed by atoms with Crippen molar-refractivity contribution in [2.75, 3.05) is 31.7 Å². The number of hydrogen-bond acceptors (Lipinski definition) is 4. The molecule has 0 saturated carbocycles. The zero-order valence-corrected chi connectivity index (χ0v) is 14.2. The molecule has 0 aliphatic heterocycles. The fourth-order valence-corrected chi connectivity index (χ4v) is 2.63. The number of nitrogens with zero attached hydrogens (tertiary/aromatic N) is 2. The van der Waals surface area contributed by atoms with E-state index in [-0.39, 0.29) is 0 Å². The van der Waals surface area contributed by atoms with E-state index in [1.54, 1.807) is 7.11 Å². The number of hydrogen-bond donors (Lipinski definition) is 1. The molecule has 0 spiro atoms. The third-order valence-electron chi connectivity index (χ3n) is 3.79. The van der Waals surface area contributed by atoms with Gasteiger partial charge in [-0.15, -0.1) is 0 Å². The van der Waals surface area contributed by atoms with Gasteiger partial charge in [-0.2, -0.15) is 0 Å². The second-order valence-electron chi connectivity index (χ2n) is 5.45. The minimum Gasteiger partial charge on any atom is -0.383 e. The van der Waals surface area contributed by atoms with Crippen LogP contribution in [0.2, 0.25) is 0 Å². The molecule has 1 aromatic heterocycles. The molecule has 0 aliphatic rings. The first-order chi connectivity index (χ1) is 10.2. The quantitative estimate of drug-likeness (QED) is 0.717. The molecule has 0 aromatic carbocycles. The maximum Gasteiger partial charge on any atom is 0.0663 e. The summed E-state index contributed by atoms with van der Waals surface area (Å²) < 4.78 is 5.26. The van der Waals surface area contributed by atoms with Crippen LogP contribution in [0.4, 0.5) is 5.69 Å². The molecule has 0 fully saturated rings. The predicted molar refractivity (Wildman–Crippen MR) is 89.9 cm³/mol. The minimum absolute atomic E-state index is 0.352. The maximum absolute atomic E-state index is 5.26. The van der Waals surface area contributed by atoms with E-state index in [9.17, 15) is 0 Å². The summed E-state index contributed by atoms with van der Waals surface area (Å²) in [6.45, 7) is 11.4. The van der Waals surface area contributed by atoms with Gasteiger partial charge in [0, 0.05) is 25.7 Å². The number of methoxy groups -OCH3 is 1. The smallest absolute Gasteiger partial charge is 0.0663 e. The summed E-state index contributed by atoms with van der Waals surface area (Å²) >= 11 is 0. The molecule has 0 saturated heterocycles. The van der Waals surface area contributed by atoms with Crippen molar-refractivity contribution in [2.45, 2.75) is 52.6 Å². The zero-order chi connectivity index (χ0) is 15.7. The van der Waals surface area contributed by atoms with Crippen LogP contribution >= 0.6 is 0 Å². The van der Waals surface area contributed by atoms with Gasteiger partial charge in [0.05, 0.1) is 24.2 Å². The molecule has 0 radical (unpaired) electrons. The van der Waals surface area contributed by atoms with E-state index in [0.717, 1.165) is 43.9 Å². The van der Waals surface area contributed by atoms with E-state index >= 15 is 0 Å². The number of likely N-dealkylation sites (N-methyl/N-ethyl adjacent to an activating group) is 1. The molecule has 1 heterocycles. The van der Waals surface area contributed by atoms with Gasteiger partial charge in [-0.1, -0.05) is 13.8 Å². The Labute approximate surface area is 129 Å². The molecule has 2 atom stereocenters. The van der Waals surface area contributed by atoms with E-state index in [1.807, 2.05) is 6.20 Å². The van der Waals surface area contributed by atoms with Crippen LogP contribution in [0, 0.1) is 0 Å². The van der Waals surface area contributed by atoms with E-state index in [4.69, 9.17) is 4.74 Å². The molecule has 21 heavy (non-hydrogen) atoms. The molecule has 1 N–H and O–H groups in total. The Balaban J connectivity index is 2.79. The Kier molecular flexibility index (Phi) is 8.31. The van der Waals surface area contributed by atoms with Crippen molar-refractivity contribution < 1.29 is 4.74 Å². The first-order valence-corrected chi connectivity index (χ1v) is 8.12. The van der Waals surface area contributed by atoms with Gasteiger partial charge < -0.3 is 15.0 Å². The maximum atomic E-state index is 5.26. The molecule has 0 bridgehead atoms. The second kappa shape index (κ2) is 9.74. The minimum atomic E-state index is 0.352. The largest absolute Gasteiger partial charge is 0.383 e. The van der Waals surface area contributed by atoms with Crippen LogP contribution in [-0.2, 0) is 4.74 Å². The van der Waals surface area contributed by atoms with Gasteiger partial charge in [-0.3, -0.25) is 4.98 Å². The lowest BCUT2D eigenvalue weighted by atomic mass is 10.1. The lowest BCUT2D eigenvalue weighted by molar-refractivity contribution is 0.182. The summed E-state index contributed by atoms with van der Waals surface area (Å²) in [5, 5.41) is 3.55.